The topological polar surface area (TPSA) is 83.2 Å². The van der Waals surface area contributed by atoms with Crippen LogP contribution in [-0.4, -0.2) is 45.4 Å². The number of rotatable bonds is 8. The zero-order valence-corrected chi connectivity index (χ0v) is 18.8. The number of amides is 1. The molecule has 0 radical (unpaired) electrons. The molecule has 1 N–H and O–H groups in total. The summed E-state index contributed by atoms with van der Waals surface area (Å²) in [6.45, 7) is 2.04. The lowest BCUT2D eigenvalue weighted by Gasteiger charge is -2.13. The largest absolute Gasteiger partial charge is 0.497 e. The predicted molar refractivity (Wildman–Crippen MR) is 124 cm³/mol. The first kappa shape index (κ1) is 21.5. The molecule has 9 heteroatoms. The van der Waals surface area contributed by atoms with E-state index in [1.54, 1.807) is 32.4 Å². The van der Waals surface area contributed by atoms with Crippen LogP contribution in [0.3, 0.4) is 0 Å². The SMILES string of the molecule is COc1ccc(NC(=O)CSc2nnc(-c3cccc(C)c3)n2-n2cccc2)c(OC)c1. The molecule has 8 nitrogen and oxygen atoms in total. The molecule has 0 saturated carbocycles. The zero-order valence-electron chi connectivity index (χ0n) is 18.0. The number of carbonyl (C=O) groups is 1. The van der Waals surface area contributed by atoms with Crippen LogP contribution < -0.4 is 14.8 Å². The molecule has 164 valence electrons. The van der Waals surface area contributed by atoms with Crippen molar-refractivity contribution in [2.24, 2.45) is 0 Å². The molecule has 2 heterocycles. The average Bonchev–Trinajstić information content (AvgIpc) is 3.47. The number of aryl methyl sites for hydroxylation is 1. The van der Waals surface area contributed by atoms with Crippen molar-refractivity contribution in [2.75, 3.05) is 25.3 Å². The van der Waals surface area contributed by atoms with Crippen LogP contribution in [0.25, 0.3) is 11.4 Å². The number of benzene rings is 2. The van der Waals surface area contributed by atoms with Gasteiger partial charge in [-0.15, -0.1) is 10.2 Å². The van der Waals surface area contributed by atoms with E-state index in [0.29, 0.717) is 28.2 Å². The molecule has 32 heavy (non-hydrogen) atoms. The second-order valence-electron chi connectivity index (χ2n) is 6.95. The van der Waals surface area contributed by atoms with Crippen molar-refractivity contribution >= 4 is 23.4 Å². The lowest BCUT2D eigenvalue weighted by Crippen LogP contribution is -2.16. The summed E-state index contributed by atoms with van der Waals surface area (Å²) in [4.78, 5) is 12.6. The van der Waals surface area contributed by atoms with Crippen LogP contribution in [0.4, 0.5) is 5.69 Å². The van der Waals surface area contributed by atoms with Crippen molar-refractivity contribution in [3.05, 3.63) is 72.6 Å². The van der Waals surface area contributed by atoms with Crippen LogP contribution in [0.2, 0.25) is 0 Å². The summed E-state index contributed by atoms with van der Waals surface area (Å²) in [5.41, 5.74) is 2.66. The van der Waals surface area contributed by atoms with E-state index in [-0.39, 0.29) is 11.7 Å². The summed E-state index contributed by atoms with van der Waals surface area (Å²) in [6, 6.07) is 17.2. The number of nitrogens with one attached hydrogen (secondary N) is 1. The van der Waals surface area contributed by atoms with E-state index in [1.165, 1.54) is 11.8 Å². The maximum absolute atomic E-state index is 12.6. The number of anilines is 1. The fourth-order valence-corrected chi connectivity index (χ4v) is 3.94. The standard InChI is InChI=1S/C23H23N5O3S/c1-16-7-6-8-17(13-16)22-25-26-23(28(22)27-11-4-5-12-27)32-15-21(29)24-19-10-9-18(30-2)14-20(19)31-3/h4-14H,15H2,1-3H3,(H,24,29). The Labute approximate surface area is 190 Å². The Kier molecular flexibility index (Phi) is 6.46. The predicted octanol–water partition coefficient (Wildman–Crippen LogP) is 4.11. The molecule has 0 fully saturated rings. The van der Waals surface area contributed by atoms with Crippen LogP contribution in [-0.2, 0) is 4.79 Å². The number of ether oxygens (including phenoxy) is 2. The number of hydrogen-bond acceptors (Lipinski definition) is 6. The first-order valence-electron chi connectivity index (χ1n) is 9.90. The van der Waals surface area contributed by atoms with Crippen LogP contribution in [0, 0.1) is 6.92 Å². The lowest BCUT2D eigenvalue weighted by atomic mass is 10.1. The quantitative estimate of drug-likeness (QED) is 0.408. The normalized spacial score (nSPS) is 10.7. The highest BCUT2D eigenvalue weighted by molar-refractivity contribution is 7.99. The molecule has 0 aliphatic rings. The molecule has 0 saturated heterocycles. The molecular formula is C23H23N5O3S. The number of hydrogen-bond donors (Lipinski definition) is 1. The Morgan fingerprint density at radius 2 is 1.84 bits per heavy atom. The highest BCUT2D eigenvalue weighted by atomic mass is 32.2. The monoisotopic (exact) mass is 449 g/mol. The van der Waals surface area contributed by atoms with E-state index in [9.17, 15) is 4.79 Å². The van der Waals surface area contributed by atoms with Crippen molar-refractivity contribution in [1.29, 1.82) is 0 Å². The minimum Gasteiger partial charge on any atom is -0.497 e. The van der Waals surface area contributed by atoms with Crippen molar-refractivity contribution in [2.45, 2.75) is 12.1 Å². The number of methoxy groups -OCH3 is 2. The van der Waals surface area contributed by atoms with Crippen molar-refractivity contribution in [3.63, 3.8) is 0 Å². The third kappa shape index (κ3) is 4.62. The number of carbonyl (C=O) groups excluding carboxylic acids is 1. The second-order valence-corrected chi connectivity index (χ2v) is 7.90. The van der Waals surface area contributed by atoms with Crippen LogP contribution in [0.5, 0.6) is 11.5 Å². The third-order valence-corrected chi connectivity index (χ3v) is 5.64. The molecule has 4 rings (SSSR count). The van der Waals surface area contributed by atoms with E-state index < -0.39 is 0 Å². The maximum atomic E-state index is 12.6. The highest BCUT2D eigenvalue weighted by Gasteiger charge is 2.18. The van der Waals surface area contributed by atoms with E-state index in [0.717, 1.165) is 11.1 Å². The van der Waals surface area contributed by atoms with Crippen molar-refractivity contribution in [3.8, 4) is 22.9 Å². The van der Waals surface area contributed by atoms with Crippen LogP contribution >= 0.6 is 11.8 Å². The first-order valence-corrected chi connectivity index (χ1v) is 10.9. The van der Waals surface area contributed by atoms with Crippen molar-refractivity contribution in [1.82, 2.24) is 19.5 Å². The second kappa shape index (κ2) is 9.61. The molecular weight excluding hydrogens is 426 g/mol. The van der Waals surface area contributed by atoms with Gasteiger partial charge in [0.2, 0.25) is 11.1 Å². The van der Waals surface area contributed by atoms with Gasteiger partial charge in [-0.3, -0.25) is 9.47 Å². The Morgan fingerprint density at radius 3 is 2.56 bits per heavy atom. The minimum absolute atomic E-state index is 0.155. The van der Waals surface area contributed by atoms with Gasteiger partial charge in [0.25, 0.3) is 0 Å². The molecule has 1 amide bonds. The van der Waals surface area contributed by atoms with Gasteiger partial charge in [0.15, 0.2) is 5.82 Å². The van der Waals surface area contributed by atoms with Gasteiger partial charge in [-0.1, -0.05) is 35.5 Å². The molecule has 0 unspecified atom stereocenters. The molecule has 4 aromatic rings. The van der Waals surface area contributed by atoms with Gasteiger partial charge in [0, 0.05) is 24.0 Å². The Bertz CT molecular complexity index is 1220. The number of thioether (sulfide) groups is 1. The first-order chi connectivity index (χ1) is 15.6. The summed E-state index contributed by atoms with van der Waals surface area (Å²) in [5, 5.41) is 12.2. The zero-order chi connectivity index (χ0) is 22.5. The Morgan fingerprint density at radius 1 is 1.03 bits per heavy atom. The Hall–Kier alpha value is -3.72. The third-order valence-electron chi connectivity index (χ3n) is 4.72. The number of aromatic nitrogens is 4. The van der Waals surface area contributed by atoms with E-state index >= 15 is 0 Å². The summed E-state index contributed by atoms with van der Waals surface area (Å²) in [7, 11) is 3.13. The van der Waals surface area contributed by atoms with E-state index in [1.807, 2.05) is 59.0 Å². The maximum Gasteiger partial charge on any atom is 0.234 e. The van der Waals surface area contributed by atoms with Gasteiger partial charge in [0.05, 0.1) is 25.7 Å². The fourth-order valence-electron chi connectivity index (χ4n) is 3.20. The summed E-state index contributed by atoms with van der Waals surface area (Å²) in [6.07, 6.45) is 3.82. The summed E-state index contributed by atoms with van der Waals surface area (Å²) < 4.78 is 14.3. The molecule has 0 aliphatic carbocycles. The van der Waals surface area contributed by atoms with E-state index in [4.69, 9.17) is 9.47 Å². The molecule has 0 aliphatic heterocycles. The molecule has 0 atom stereocenters. The summed E-state index contributed by atoms with van der Waals surface area (Å²) >= 11 is 1.30. The van der Waals surface area contributed by atoms with Crippen molar-refractivity contribution < 1.29 is 14.3 Å². The lowest BCUT2D eigenvalue weighted by molar-refractivity contribution is -0.113. The molecule has 0 bridgehead atoms. The van der Waals surface area contributed by atoms with Gasteiger partial charge in [0.1, 0.15) is 11.5 Å². The molecule has 0 spiro atoms. The Balaban J connectivity index is 1.54. The van der Waals surface area contributed by atoms with Gasteiger partial charge < -0.3 is 14.8 Å². The van der Waals surface area contributed by atoms with Gasteiger partial charge in [-0.05, 0) is 37.3 Å². The highest BCUT2D eigenvalue weighted by Crippen LogP contribution is 2.30. The van der Waals surface area contributed by atoms with Crippen LogP contribution in [0.1, 0.15) is 5.56 Å². The molecule has 2 aromatic carbocycles. The average molecular weight is 450 g/mol. The van der Waals surface area contributed by atoms with Gasteiger partial charge in [-0.2, -0.15) is 0 Å². The minimum atomic E-state index is -0.183. The van der Waals surface area contributed by atoms with Crippen LogP contribution in [0.15, 0.2) is 72.1 Å². The summed E-state index contributed by atoms with van der Waals surface area (Å²) in [5.74, 6) is 1.85. The number of nitrogens with zero attached hydrogens (tertiary/aromatic N) is 4. The molecule has 2 aromatic heterocycles. The van der Waals surface area contributed by atoms with E-state index in [2.05, 4.69) is 21.6 Å². The van der Waals surface area contributed by atoms with Gasteiger partial charge >= 0.3 is 0 Å². The smallest absolute Gasteiger partial charge is 0.234 e. The van der Waals surface area contributed by atoms with Gasteiger partial charge in [-0.25, -0.2) is 4.68 Å². The fraction of sp³-hybridized carbons (Fsp3) is 0.174.